The SMILES string of the molecule is Cc1cc(CN2CCC(N)C(C)C2)no1.Cl. The topological polar surface area (TPSA) is 55.3 Å². The van der Waals surface area contributed by atoms with E-state index in [4.69, 9.17) is 10.3 Å². The molecule has 2 rings (SSSR count). The Bertz CT molecular complexity index is 329. The second kappa shape index (κ2) is 5.66. The first-order valence-corrected chi connectivity index (χ1v) is 5.55. The molecule has 0 spiro atoms. The van der Waals surface area contributed by atoms with E-state index in [0.29, 0.717) is 12.0 Å². The van der Waals surface area contributed by atoms with Crippen molar-refractivity contribution >= 4 is 12.4 Å². The molecule has 1 aromatic heterocycles. The van der Waals surface area contributed by atoms with E-state index in [1.165, 1.54) is 0 Å². The molecule has 2 N–H and O–H groups in total. The summed E-state index contributed by atoms with van der Waals surface area (Å²) in [6.45, 7) is 7.15. The van der Waals surface area contributed by atoms with Crippen molar-refractivity contribution in [1.29, 1.82) is 0 Å². The van der Waals surface area contributed by atoms with Crippen LogP contribution < -0.4 is 5.73 Å². The van der Waals surface area contributed by atoms with Gasteiger partial charge in [0.1, 0.15) is 5.76 Å². The first kappa shape index (κ1) is 13.5. The van der Waals surface area contributed by atoms with Gasteiger partial charge in [-0.05, 0) is 19.3 Å². The van der Waals surface area contributed by atoms with E-state index >= 15 is 0 Å². The largest absolute Gasteiger partial charge is 0.361 e. The number of rotatable bonds is 2. The van der Waals surface area contributed by atoms with Crippen LogP contribution in [0, 0.1) is 12.8 Å². The second-order valence-corrected chi connectivity index (χ2v) is 4.59. The van der Waals surface area contributed by atoms with Crippen molar-refractivity contribution in [2.75, 3.05) is 13.1 Å². The van der Waals surface area contributed by atoms with Gasteiger partial charge in [0.25, 0.3) is 0 Å². The Labute approximate surface area is 103 Å². The third-order valence-corrected chi connectivity index (χ3v) is 3.12. The highest BCUT2D eigenvalue weighted by atomic mass is 35.5. The lowest BCUT2D eigenvalue weighted by Crippen LogP contribution is -2.45. The van der Waals surface area contributed by atoms with E-state index in [9.17, 15) is 0 Å². The minimum atomic E-state index is 0. The van der Waals surface area contributed by atoms with E-state index in [0.717, 1.165) is 37.5 Å². The van der Waals surface area contributed by atoms with Gasteiger partial charge in [0.15, 0.2) is 0 Å². The molecule has 2 unspecified atom stereocenters. The number of nitrogens with zero attached hydrogens (tertiary/aromatic N) is 2. The Kier molecular flexibility index (Phi) is 4.77. The number of halogens is 1. The minimum Gasteiger partial charge on any atom is -0.361 e. The van der Waals surface area contributed by atoms with Crippen LogP contribution in [0.1, 0.15) is 24.8 Å². The summed E-state index contributed by atoms with van der Waals surface area (Å²) in [4.78, 5) is 2.39. The average Bonchev–Trinajstić information content (AvgIpc) is 2.58. The first-order chi connectivity index (χ1) is 7.15. The Hall–Kier alpha value is -0.580. The van der Waals surface area contributed by atoms with Crippen LogP contribution in [0.3, 0.4) is 0 Å². The zero-order valence-corrected chi connectivity index (χ0v) is 10.7. The third-order valence-electron chi connectivity index (χ3n) is 3.12. The van der Waals surface area contributed by atoms with E-state index < -0.39 is 0 Å². The highest BCUT2D eigenvalue weighted by Crippen LogP contribution is 2.17. The predicted octanol–water partition coefficient (Wildman–Crippen LogP) is 1.57. The van der Waals surface area contributed by atoms with Gasteiger partial charge in [-0.15, -0.1) is 12.4 Å². The fraction of sp³-hybridized carbons (Fsp3) is 0.727. The standard InChI is InChI=1S/C11H19N3O.ClH/c1-8-6-14(4-3-11(8)12)7-10-5-9(2)15-13-10;/h5,8,11H,3-4,6-7,12H2,1-2H3;1H. The van der Waals surface area contributed by atoms with E-state index in [-0.39, 0.29) is 12.4 Å². The van der Waals surface area contributed by atoms with Crippen LogP contribution in [0.25, 0.3) is 0 Å². The van der Waals surface area contributed by atoms with Crippen LogP contribution in [0.2, 0.25) is 0 Å². The summed E-state index contributed by atoms with van der Waals surface area (Å²) in [6.07, 6.45) is 1.08. The molecule has 0 bridgehead atoms. The summed E-state index contributed by atoms with van der Waals surface area (Å²) in [5, 5.41) is 4.01. The van der Waals surface area contributed by atoms with Gasteiger partial charge in [-0.3, -0.25) is 4.90 Å². The lowest BCUT2D eigenvalue weighted by Gasteiger charge is -2.34. The summed E-state index contributed by atoms with van der Waals surface area (Å²) in [5.74, 6) is 1.46. The second-order valence-electron chi connectivity index (χ2n) is 4.59. The summed E-state index contributed by atoms with van der Waals surface area (Å²) in [7, 11) is 0. The van der Waals surface area contributed by atoms with Crippen molar-refractivity contribution in [3.63, 3.8) is 0 Å². The predicted molar refractivity (Wildman–Crippen MR) is 65.5 cm³/mol. The number of likely N-dealkylation sites (tertiary alicyclic amines) is 1. The summed E-state index contributed by atoms with van der Waals surface area (Å²) < 4.78 is 5.05. The van der Waals surface area contributed by atoms with Gasteiger partial charge in [-0.2, -0.15) is 0 Å². The van der Waals surface area contributed by atoms with Crippen molar-refractivity contribution in [1.82, 2.24) is 10.1 Å². The van der Waals surface area contributed by atoms with Gasteiger partial charge in [-0.25, -0.2) is 0 Å². The molecule has 0 aromatic carbocycles. The quantitative estimate of drug-likeness (QED) is 0.860. The highest BCUT2D eigenvalue weighted by molar-refractivity contribution is 5.85. The Balaban J connectivity index is 0.00000128. The van der Waals surface area contributed by atoms with Crippen molar-refractivity contribution in [2.45, 2.75) is 32.9 Å². The number of aryl methyl sites for hydroxylation is 1. The number of hydrogen-bond acceptors (Lipinski definition) is 4. The zero-order chi connectivity index (χ0) is 10.8. The van der Waals surface area contributed by atoms with Gasteiger partial charge < -0.3 is 10.3 Å². The van der Waals surface area contributed by atoms with Crippen molar-refractivity contribution in [2.24, 2.45) is 11.7 Å². The molecular weight excluding hydrogens is 226 g/mol. The molecule has 1 aliphatic heterocycles. The molecule has 16 heavy (non-hydrogen) atoms. The Morgan fingerprint density at radius 1 is 1.62 bits per heavy atom. The van der Waals surface area contributed by atoms with Crippen LogP contribution in [-0.2, 0) is 6.54 Å². The average molecular weight is 246 g/mol. The third kappa shape index (κ3) is 3.20. The molecular formula is C11H20ClN3O. The van der Waals surface area contributed by atoms with Gasteiger partial charge in [0.2, 0.25) is 0 Å². The molecule has 1 aliphatic rings. The summed E-state index contributed by atoms with van der Waals surface area (Å²) in [6, 6.07) is 2.36. The van der Waals surface area contributed by atoms with Crippen LogP contribution in [0.4, 0.5) is 0 Å². The molecule has 0 aliphatic carbocycles. The lowest BCUT2D eigenvalue weighted by atomic mass is 9.95. The van der Waals surface area contributed by atoms with Gasteiger partial charge in [0.05, 0.1) is 5.69 Å². The maximum Gasteiger partial charge on any atom is 0.133 e. The minimum absolute atomic E-state index is 0. The van der Waals surface area contributed by atoms with Crippen LogP contribution in [0.15, 0.2) is 10.6 Å². The number of aromatic nitrogens is 1. The first-order valence-electron chi connectivity index (χ1n) is 5.55. The Morgan fingerprint density at radius 2 is 2.38 bits per heavy atom. The fourth-order valence-corrected chi connectivity index (χ4v) is 2.12. The van der Waals surface area contributed by atoms with Gasteiger partial charge in [0, 0.05) is 31.7 Å². The molecule has 1 saturated heterocycles. The van der Waals surface area contributed by atoms with Crippen molar-refractivity contribution < 1.29 is 4.52 Å². The normalized spacial score (nSPS) is 26.4. The molecule has 5 heteroatoms. The van der Waals surface area contributed by atoms with E-state index in [1.807, 2.05) is 13.0 Å². The smallest absolute Gasteiger partial charge is 0.133 e. The molecule has 2 heterocycles. The zero-order valence-electron chi connectivity index (χ0n) is 9.85. The molecule has 4 nitrogen and oxygen atoms in total. The van der Waals surface area contributed by atoms with Crippen molar-refractivity contribution in [3.8, 4) is 0 Å². The van der Waals surface area contributed by atoms with E-state index in [1.54, 1.807) is 0 Å². The lowest BCUT2D eigenvalue weighted by molar-refractivity contribution is 0.154. The van der Waals surface area contributed by atoms with Crippen LogP contribution in [-0.4, -0.2) is 29.2 Å². The monoisotopic (exact) mass is 245 g/mol. The molecule has 0 amide bonds. The van der Waals surface area contributed by atoms with E-state index in [2.05, 4.69) is 17.0 Å². The molecule has 92 valence electrons. The number of nitrogens with two attached hydrogens (primary N) is 1. The van der Waals surface area contributed by atoms with Gasteiger partial charge in [-0.1, -0.05) is 12.1 Å². The van der Waals surface area contributed by atoms with Crippen LogP contribution >= 0.6 is 12.4 Å². The molecule has 1 aromatic rings. The maximum absolute atomic E-state index is 5.98. The highest BCUT2D eigenvalue weighted by Gasteiger charge is 2.23. The Morgan fingerprint density at radius 3 is 2.94 bits per heavy atom. The van der Waals surface area contributed by atoms with Gasteiger partial charge >= 0.3 is 0 Å². The number of piperidine rings is 1. The number of hydrogen-bond donors (Lipinski definition) is 1. The maximum atomic E-state index is 5.98. The summed E-state index contributed by atoms with van der Waals surface area (Å²) in [5.41, 5.74) is 7.00. The molecule has 2 atom stereocenters. The van der Waals surface area contributed by atoms with Crippen molar-refractivity contribution in [3.05, 3.63) is 17.5 Å². The molecule has 1 fully saturated rings. The summed E-state index contributed by atoms with van der Waals surface area (Å²) >= 11 is 0. The van der Waals surface area contributed by atoms with Crippen LogP contribution in [0.5, 0.6) is 0 Å². The molecule has 0 saturated carbocycles. The fourth-order valence-electron chi connectivity index (χ4n) is 2.12. The molecule has 0 radical (unpaired) electrons.